The molecule has 0 radical (unpaired) electrons. The Balaban J connectivity index is 1.73. The molecule has 0 fully saturated rings. The van der Waals surface area contributed by atoms with E-state index in [-0.39, 0.29) is 17.9 Å². The van der Waals surface area contributed by atoms with E-state index in [1.807, 2.05) is 37.3 Å². The highest BCUT2D eigenvalue weighted by molar-refractivity contribution is 5.74. The molecule has 0 aliphatic heterocycles. The summed E-state index contributed by atoms with van der Waals surface area (Å²) in [4.78, 5) is 11.8. The lowest BCUT2D eigenvalue weighted by molar-refractivity contribution is 0.238. The quantitative estimate of drug-likeness (QED) is 0.868. The largest absolute Gasteiger partial charge is 0.338 e. The minimum atomic E-state index is -0.249. The highest BCUT2D eigenvalue weighted by Gasteiger charge is 2.08. The van der Waals surface area contributed by atoms with E-state index >= 15 is 0 Å². The number of amides is 2. The van der Waals surface area contributed by atoms with Gasteiger partial charge >= 0.3 is 6.03 Å². The van der Waals surface area contributed by atoms with Crippen LogP contribution in [-0.4, -0.2) is 12.6 Å². The third-order valence-corrected chi connectivity index (χ3v) is 3.26. The van der Waals surface area contributed by atoms with Crippen LogP contribution in [0.25, 0.3) is 0 Å². The lowest BCUT2D eigenvalue weighted by Crippen LogP contribution is -2.38. The molecule has 4 heteroatoms. The third-order valence-electron chi connectivity index (χ3n) is 3.26. The van der Waals surface area contributed by atoms with Crippen molar-refractivity contribution >= 4 is 6.03 Å². The predicted molar refractivity (Wildman–Crippen MR) is 81.5 cm³/mol. The first-order valence-corrected chi connectivity index (χ1v) is 6.99. The first kappa shape index (κ1) is 15.0. The number of nitrogens with one attached hydrogen (secondary N) is 2. The molecule has 2 N–H and O–H groups in total. The van der Waals surface area contributed by atoms with Crippen LogP contribution in [-0.2, 0) is 6.42 Å². The SMILES string of the molecule is CC(NC(=O)NCCc1ccc(F)cc1)c1ccccc1. The van der Waals surface area contributed by atoms with Gasteiger partial charge in [0.05, 0.1) is 6.04 Å². The molecular weight excluding hydrogens is 267 g/mol. The zero-order valence-corrected chi connectivity index (χ0v) is 12.0. The maximum absolute atomic E-state index is 12.8. The molecule has 2 aromatic rings. The Morgan fingerprint density at radius 2 is 1.76 bits per heavy atom. The summed E-state index contributed by atoms with van der Waals surface area (Å²) in [6.45, 7) is 2.45. The van der Waals surface area contributed by atoms with Gasteiger partial charge < -0.3 is 10.6 Å². The highest BCUT2D eigenvalue weighted by Crippen LogP contribution is 2.10. The molecule has 0 bridgehead atoms. The second-order valence-electron chi connectivity index (χ2n) is 4.91. The van der Waals surface area contributed by atoms with Crippen LogP contribution < -0.4 is 10.6 Å². The molecule has 2 aromatic carbocycles. The molecule has 0 saturated carbocycles. The van der Waals surface area contributed by atoms with E-state index in [1.165, 1.54) is 12.1 Å². The van der Waals surface area contributed by atoms with Gasteiger partial charge in [-0.1, -0.05) is 42.5 Å². The normalized spacial score (nSPS) is 11.7. The van der Waals surface area contributed by atoms with Gasteiger partial charge in [-0.15, -0.1) is 0 Å². The molecule has 2 amide bonds. The van der Waals surface area contributed by atoms with Crippen LogP contribution in [0.15, 0.2) is 54.6 Å². The van der Waals surface area contributed by atoms with Crippen molar-refractivity contribution in [2.75, 3.05) is 6.54 Å². The van der Waals surface area contributed by atoms with Gasteiger partial charge in [0.15, 0.2) is 0 Å². The molecule has 1 unspecified atom stereocenters. The minimum absolute atomic E-state index is 0.0444. The van der Waals surface area contributed by atoms with Gasteiger partial charge in [-0.2, -0.15) is 0 Å². The predicted octanol–water partition coefficient (Wildman–Crippen LogP) is 3.43. The van der Waals surface area contributed by atoms with Gasteiger partial charge in [0, 0.05) is 6.54 Å². The summed E-state index contributed by atoms with van der Waals surface area (Å²) < 4.78 is 12.8. The zero-order valence-electron chi connectivity index (χ0n) is 12.0. The van der Waals surface area contributed by atoms with Crippen molar-refractivity contribution < 1.29 is 9.18 Å². The van der Waals surface area contributed by atoms with Crippen molar-refractivity contribution in [3.05, 3.63) is 71.5 Å². The third kappa shape index (κ3) is 4.91. The van der Waals surface area contributed by atoms with Crippen LogP contribution in [0.3, 0.4) is 0 Å². The van der Waals surface area contributed by atoms with E-state index in [1.54, 1.807) is 12.1 Å². The maximum atomic E-state index is 12.8. The summed E-state index contributed by atoms with van der Waals surface area (Å²) in [5.41, 5.74) is 2.05. The fourth-order valence-corrected chi connectivity index (χ4v) is 2.04. The number of rotatable bonds is 5. The molecule has 0 spiro atoms. The van der Waals surface area contributed by atoms with Crippen molar-refractivity contribution in [3.8, 4) is 0 Å². The Labute approximate surface area is 124 Å². The molecule has 0 saturated heterocycles. The van der Waals surface area contributed by atoms with Gasteiger partial charge in [-0.05, 0) is 36.6 Å². The van der Waals surface area contributed by atoms with Crippen LogP contribution in [0.4, 0.5) is 9.18 Å². The number of hydrogen-bond acceptors (Lipinski definition) is 1. The summed E-state index contributed by atoms with van der Waals surface area (Å²) in [6.07, 6.45) is 0.674. The molecule has 3 nitrogen and oxygen atoms in total. The second kappa shape index (κ2) is 7.43. The summed E-state index contributed by atoms with van der Waals surface area (Å²) in [7, 11) is 0. The van der Waals surface area contributed by atoms with Crippen molar-refractivity contribution in [1.82, 2.24) is 10.6 Å². The first-order valence-electron chi connectivity index (χ1n) is 6.99. The van der Waals surface area contributed by atoms with Gasteiger partial charge in [-0.25, -0.2) is 9.18 Å². The maximum Gasteiger partial charge on any atom is 0.315 e. The summed E-state index contributed by atoms with van der Waals surface area (Å²) in [5.74, 6) is -0.249. The van der Waals surface area contributed by atoms with E-state index in [2.05, 4.69) is 10.6 Å². The molecule has 2 rings (SSSR count). The Bertz CT molecular complexity index is 569. The number of halogens is 1. The molecule has 110 valence electrons. The minimum Gasteiger partial charge on any atom is -0.338 e. The molecule has 0 aliphatic carbocycles. The number of hydrogen-bond donors (Lipinski definition) is 2. The Morgan fingerprint density at radius 1 is 1.10 bits per heavy atom. The van der Waals surface area contributed by atoms with E-state index < -0.39 is 0 Å². The van der Waals surface area contributed by atoms with Gasteiger partial charge in [0.25, 0.3) is 0 Å². The summed E-state index contributed by atoms with van der Waals surface area (Å²) >= 11 is 0. The zero-order chi connectivity index (χ0) is 15.1. The van der Waals surface area contributed by atoms with Gasteiger partial charge in [-0.3, -0.25) is 0 Å². The Morgan fingerprint density at radius 3 is 2.43 bits per heavy atom. The standard InChI is InChI=1S/C17H19FN2O/c1-13(15-5-3-2-4-6-15)20-17(21)19-12-11-14-7-9-16(18)10-8-14/h2-10,13H,11-12H2,1H3,(H2,19,20,21). The van der Waals surface area contributed by atoms with Crippen LogP contribution >= 0.6 is 0 Å². The Kier molecular flexibility index (Phi) is 5.32. The monoisotopic (exact) mass is 286 g/mol. The van der Waals surface area contributed by atoms with Crippen LogP contribution in [0.5, 0.6) is 0 Å². The second-order valence-corrected chi connectivity index (χ2v) is 4.91. The first-order chi connectivity index (χ1) is 10.1. The highest BCUT2D eigenvalue weighted by atomic mass is 19.1. The molecule has 1 atom stereocenters. The van der Waals surface area contributed by atoms with Crippen molar-refractivity contribution in [2.24, 2.45) is 0 Å². The lowest BCUT2D eigenvalue weighted by Gasteiger charge is -2.15. The van der Waals surface area contributed by atoms with Crippen LogP contribution in [0.2, 0.25) is 0 Å². The summed E-state index contributed by atoms with van der Waals surface area (Å²) in [5, 5.41) is 5.68. The van der Waals surface area contributed by atoms with E-state index in [0.29, 0.717) is 13.0 Å². The number of urea groups is 1. The van der Waals surface area contributed by atoms with Crippen LogP contribution in [0.1, 0.15) is 24.1 Å². The number of carbonyl (C=O) groups excluding carboxylic acids is 1. The molecule has 0 aromatic heterocycles. The molecular formula is C17H19FN2O. The van der Waals surface area contributed by atoms with Crippen molar-refractivity contribution in [3.63, 3.8) is 0 Å². The molecule has 21 heavy (non-hydrogen) atoms. The molecule has 0 heterocycles. The van der Waals surface area contributed by atoms with E-state index in [9.17, 15) is 9.18 Å². The average Bonchev–Trinajstić information content (AvgIpc) is 2.50. The van der Waals surface area contributed by atoms with Crippen molar-refractivity contribution in [1.29, 1.82) is 0 Å². The smallest absolute Gasteiger partial charge is 0.315 e. The van der Waals surface area contributed by atoms with Gasteiger partial charge in [0.2, 0.25) is 0 Å². The van der Waals surface area contributed by atoms with Crippen LogP contribution in [0, 0.1) is 5.82 Å². The molecule has 0 aliphatic rings. The fraction of sp³-hybridized carbons (Fsp3) is 0.235. The summed E-state index contributed by atoms with van der Waals surface area (Å²) in [6, 6.07) is 15.8. The van der Waals surface area contributed by atoms with Gasteiger partial charge in [0.1, 0.15) is 5.82 Å². The lowest BCUT2D eigenvalue weighted by atomic mass is 10.1. The number of carbonyl (C=O) groups is 1. The van der Waals surface area contributed by atoms with E-state index in [4.69, 9.17) is 0 Å². The topological polar surface area (TPSA) is 41.1 Å². The van der Waals surface area contributed by atoms with E-state index in [0.717, 1.165) is 11.1 Å². The number of benzene rings is 2. The van der Waals surface area contributed by atoms with Crippen molar-refractivity contribution in [2.45, 2.75) is 19.4 Å². The fourth-order valence-electron chi connectivity index (χ4n) is 2.04. The average molecular weight is 286 g/mol. The Hall–Kier alpha value is -2.36.